The van der Waals surface area contributed by atoms with Gasteiger partial charge in [-0.1, -0.05) is 12.1 Å². The number of halogens is 1. The lowest BCUT2D eigenvalue weighted by Crippen LogP contribution is -2.42. The number of aliphatic hydroxyl groups excluding tert-OH is 1. The molecule has 2 aliphatic rings. The predicted molar refractivity (Wildman–Crippen MR) is 143 cm³/mol. The van der Waals surface area contributed by atoms with Gasteiger partial charge in [-0.25, -0.2) is 9.18 Å². The minimum atomic E-state index is -1.03. The van der Waals surface area contributed by atoms with E-state index < -0.39 is 29.7 Å². The summed E-state index contributed by atoms with van der Waals surface area (Å²) < 4.78 is 25.0. The first-order valence-corrected chi connectivity index (χ1v) is 13.5. The van der Waals surface area contributed by atoms with Crippen molar-refractivity contribution in [3.8, 4) is 0 Å². The molecule has 196 valence electrons. The number of hydrogen-bond acceptors (Lipinski definition) is 7. The number of rotatable bonds is 8. The highest BCUT2D eigenvalue weighted by molar-refractivity contribution is 7.98. The summed E-state index contributed by atoms with van der Waals surface area (Å²) >= 11 is 1.59. The molecule has 0 saturated heterocycles. The van der Waals surface area contributed by atoms with Crippen molar-refractivity contribution >= 4 is 40.5 Å². The number of aliphatic hydroxyl groups is 1. The Bertz CT molecular complexity index is 1260. The molecular weight excluding hydrogens is 495 g/mol. The molecule has 0 aromatic heterocycles. The maximum absolute atomic E-state index is 13.7. The van der Waals surface area contributed by atoms with E-state index >= 15 is 0 Å². The molecule has 0 radical (unpaired) electrons. The average molecular weight is 527 g/mol. The van der Waals surface area contributed by atoms with Crippen molar-refractivity contribution in [3.63, 3.8) is 0 Å². The smallest absolute Gasteiger partial charge is 0.328 e. The molecule has 2 heterocycles. The Morgan fingerprint density at radius 1 is 1.24 bits per heavy atom. The lowest BCUT2D eigenvalue weighted by Gasteiger charge is -2.24. The lowest BCUT2D eigenvalue weighted by atomic mass is 9.91. The Labute approximate surface area is 220 Å². The summed E-state index contributed by atoms with van der Waals surface area (Å²) in [7, 11) is 0. The van der Waals surface area contributed by atoms with Crippen molar-refractivity contribution in [2.75, 3.05) is 23.9 Å². The predicted octanol–water partition coefficient (Wildman–Crippen LogP) is 4.59. The SMILES string of the molecule is CCOC(=O)[C@H](CCSC)NC(=O)c1ccc(C2=C/C(=C3/c4ccc(F)cc4NC3O)OC2(C)C)cc1. The highest BCUT2D eigenvalue weighted by Crippen LogP contribution is 2.45. The monoisotopic (exact) mass is 526 g/mol. The molecule has 0 aliphatic carbocycles. The highest BCUT2D eigenvalue weighted by Gasteiger charge is 2.38. The molecule has 4 rings (SSSR count). The average Bonchev–Trinajstić information content (AvgIpc) is 3.35. The molecule has 37 heavy (non-hydrogen) atoms. The van der Waals surface area contributed by atoms with E-state index in [0.717, 1.165) is 11.1 Å². The van der Waals surface area contributed by atoms with Gasteiger partial charge in [-0.15, -0.1) is 0 Å². The third-order valence-corrected chi connectivity index (χ3v) is 6.98. The number of nitrogens with one attached hydrogen (secondary N) is 2. The highest BCUT2D eigenvalue weighted by atomic mass is 32.2. The number of allylic oxidation sites excluding steroid dienone is 1. The molecule has 2 aromatic rings. The molecule has 0 fully saturated rings. The van der Waals surface area contributed by atoms with E-state index in [1.54, 1.807) is 36.9 Å². The summed E-state index contributed by atoms with van der Waals surface area (Å²) in [5, 5.41) is 16.3. The number of esters is 1. The first kappa shape index (κ1) is 26.8. The Kier molecular flexibility index (Phi) is 7.94. The second-order valence-electron chi connectivity index (χ2n) is 9.32. The van der Waals surface area contributed by atoms with Crippen LogP contribution in [0.5, 0.6) is 0 Å². The van der Waals surface area contributed by atoms with Gasteiger partial charge < -0.3 is 25.2 Å². The van der Waals surface area contributed by atoms with Crippen LogP contribution in [0.4, 0.5) is 10.1 Å². The standard InChI is InChI=1S/C28H31FN2O5S/c1-5-35-27(34)21(12-13-37-4)30-25(32)17-8-6-16(7-9-17)20-15-23(36-28(20,2)3)24-19-11-10-18(29)14-22(19)31-26(24)33/h6-11,14-15,21,26,31,33H,5,12-13H2,1-4H3,(H,30,32)/b24-23+/t21-,26?/m0/s1. The van der Waals surface area contributed by atoms with Crippen molar-refractivity contribution < 1.29 is 28.6 Å². The van der Waals surface area contributed by atoms with Gasteiger partial charge in [0, 0.05) is 22.4 Å². The zero-order chi connectivity index (χ0) is 26.7. The Hall–Kier alpha value is -3.30. The molecule has 7 nitrogen and oxygen atoms in total. The molecule has 2 aliphatic heterocycles. The third-order valence-electron chi connectivity index (χ3n) is 6.34. The van der Waals surface area contributed by atoms with Crippen LogP contribution < -0.4 is 10.6 Å². The largest absolute Gasteiger partial charge is 0.483 e. The molecule has 2 aromatic carbocycles. The van der Waals surface area contributed by atoms with Gasteiger partial charge in [-0.2, -0.15) is 11.8 Å². The van der Waals surface area contributed by atoms with Gasteiger partial charge in [-0.3, -0.25) is 4.79 Å². The summed E-state index contributed by atoms with van der Waals surface area (Å²) in [5.41, 5.74) is 3.17. The van der Waals surface area contributed by atoms with Crippen LogP contribution in [0.3, 0.4) is 0 Å². The summed E-state index contributed by atoms with van der Waals surface area (Å²) in [6, 6.07) is 10.7. The number of carbonyl (C=O) groups excluding carboxylic acids is 2. The molecule has 1 amide bonds. The van der Waals surface area contributed by atoms with Gasteiger partial charge in [0.25, 0.3) is 5.91 Å². The van der Waals surface area contributed by atoms with Crippen LogP contribution in [0.15, 0.2) is 54.3 Å². The van der Waals surface area contributed by atoms with Crippen LogP contribution >= 0.6 is 11.8 Å². The fraction of sp³-hybridized carbons (Fsp3) is 0.357. The van der Waals surface area contributed by atoms with Crippen LogP contribution in [0.2, 0.25) is 0 Å². The van der Waals surface area contributed by atoms with Crippen molar-refractivity contribution in [3.05, 3.63) is 76.8 Å². The van der Waals surface area contributed by atoms with Crippen LogP contribution in [0.1, 0.15) is 48.7 Å². The van der Waals surface area contributed by atoms with E-state index in [0.29, 0.717) is 40.3 Å². The number of thioether (sulfide) groups is 1. The summed E-state index contributed by atoms with van der Waals surface area (Å²) in [6.07, 6.45) is 3.27. The summed E-state index contributed by atoms with van der Waals surface area (Å²) in [4.78, 5) is 25.1. The number of amides is 1. The number of anilines is 1. The van der Waals surface area contributed by atoms with E-state index in [4.69, 9.17) is 9.47 Å². The Morgan fingerprint density at radius 2 is 1.97 bits per heavy atom. The molecule has 2 atom stereocenters. The van der Waals surface area contributed by atoms with E-state index in [9.17, 15) is 19.1 Å². The first-order valence-electron chi connectivity index (χ1n) is 12.1. The Morgan fingerprint density at radius 3 is 2.65 bits per heavy atom. The lowest BCUT2D eigenvalue weighted by molar-refractivity contribution is -0.145. The van der Waals surface area contributed by atoms with Crippen molar-refractivity contribution in [1.82, 2.24) is 5.32 Å². The molecule has 3 N–H and O–H groups in total. The number of ether oxygens (including phenoxy) is 2. The van der Waals surface area contributed by atoms with Crippen molar-refractivity contribution in [1.29, 1.82) is 0 Å². The molecule has 0 bridgehead atoms. The molecule has 9 heteroatoms. The van der Waals surface area contributed by atoms with Crippen LogP contribution in [-0.4, -0.2) is 53.5 Å². The maximum Gasteiger partial charge on any atom is 0.328 e. The van der Waals surface area contributed by atoms with Gasteiger partial charge in [0.05, 0.1) is 12.2 Å². The molecule has 1 unspecified atom stereocenters. The third kappa shape index (κ3) is 5.67. The van der Waals surface area contributed by atoms with Crippen LogP contribution in [0.25, 0.3) is 11.1 Å². The second kappa shape index (κ2) is 11.0. The van der Waals surface area contributed by atoms with Gasteiger partial charge in [0.1, 0.15) is 23.2 Å². The number of benzene rings is 2. The van der Waals surface area contributed by atoms with E-state index in [2.05, 4.69) is 10.6 Å². The zero-order valence-electron chi connectivity index (χ0n) is 21.3. The molecular formula is C28H31FN2O5S. The number of fused-ring (bicyclic) bond motifs is 1. The number of carbonyl (C=O) groups is 2. The van der Waals surface area contributed by atoms with Crippen molar-refractivity contribution in [2.24, 2.45) is 0 Å². The minimum absolute atomic E-state index is 0.250. The van der Waals surface area contributed by atoms with Crippen LogP contribution in [0, 0.1) is 5.82 Å². The zero-order valence-corrected chi connectivity index (χ0v) is 22.1. The first-order chi connectivity index (χ1) is 17.6. The fourth-order valence-electron chi connectivity index (χ4n) is 4.50. The number of hydrogen-bond donors (Lipinski definition) is 3. The van der Waals surface area contributed by atoms with Gasteiger partial charge in [0.15, 0.2) is 6.23 Å². The van der Waals surface area contributed by atoms with E-state index in [1.807, 2.05) is 38.3 Å². The van der Waals surface area contributed by atoms with Gasteiger partial charge in [0.2, 0.25) is 0 Å². The maximum atomic E-state index is 13.7. The van der Waals surface area contributed by atoms with E-state index in [1.165, 1.54) is 12.1 Å². The van der Waals surface area contributed by atoms with Gasteiger partial charge >= 0.3 is 5.97 Å². The fourth-order valence-corrected chi connectivity index (χ4v) is 4.97. The Balaban J connectivity index is 1.57. The van der Waals surface area contributed by atoms with Gasteiger partial charge in [-0.05, 0) is 81.2 Å². The molecule has 0 spiro atoms. The topological polar surface area (TPSA) is 96.9 Å². The second-order valence-corrected chi connectivity index (χ2v) is 10.3. The summed E-state index contributed by atoms with van der Waals surface area (Å²) in [6.45, 7) is 5.82. The normalized spacial score (nSPS) is 20.4. The quantitative estimate of drug-likeness (QED) is 0.433. The molecule has 0 saturated carbocycles. The summed E-state index contributed by atoms with van der Waals surface area (Å²) in [5.74, 6) is 0.0279. The minimum Gasteiger partial charge on any atom is -0.483 e. The van der Waals surface area contributed by atoms with Crippen LogP contribution in [-0.2, 0) is 14.3 Å². The van der Waals surface area contributed by atoms with Crippen molar-refractivity contribution in [2.45, 2.75) is 45.1 Å². The van der Waals surface area contributed by atoms with E-state index in [-0.39, 0.29) is 12.5 Å².